The van der Waals surface area contributed by atoms with E-state index in [4.69, 9.17) is 17.3 Å². The normalized spacial score (nSPS) is 11.2. The molecule has 7 nitrogen and oxygen atoms in total. The number of pyridine rings is 3. The van der Waals surface area contributed by atoms with Crippen molar-refractivity contribution >= 4 is 45.3 Å². The van der Waals surface area contributed by atoms with Crippen molar-refractivity contribution in [2.75, 3.05) is 5.73 Å². The standard InChI is InChI=1S/C25H21ClN6O/c1-15-21-9-17(11-30-24(21)31-23(15)27)14-32(25(33)18-4-6-28-7-5-18)13-16-2-3-22-19(8-16)10-20(26)12-29-22/h2-12H,13-14,27H2,1H3,(H,30,31). The maximum atomic E-state index is 13.4. The van der Waals surface area contributed by atoms with Gasteiger partial charge in [-0.15, -0.1) is 0 Å². The number of aromatic amines is 1. The third-order valence-corrected chi connectivity index (χ3v) is 5.89. The Balaban J connectivity index is 1.50. The SMILES string of the molecule is Cc1c(N)[nH]c2ncc(CN(Cc3ccc4ncc(Cl)cc4c3)C(=O)c3ccncc3)cc12. The number of halogens is 1. The topological polar surface area (TPSA) is 101 Å². The summed E-state index contributed by atoms with van der Waals surface area (Å²) in [6, 6.07) is 13.3. The summed E-state index contributed by atoms with van der Waals surface area (Å²) in [4.78, 5) is 31.2. The van der Waals surface area contributed by atoms with E-state index >= 15 is 0 Å². The first-order valence-electron chi connectivity index (χ1n) is 10.4. The van der Waals surface area contributed by atoms with Crippen LogP contribution >= 0.6 is 11.6 Å². The summed E-state index contributed by atoms with van der Waals surface area (Å²) in [6.07, 6.45) is 6.64. The van der Waals surface area contributed by atoms with Gasteiger partial charge in [-0.25, -0.2) is 4.98 Å². The highest BCUT2D eigenvalue weighted by Crippen LogP contribution is 2.24. The van der Waals surface area contributed by atoms with Gasteiger partial charge in [-0.2, -0.15) is 0 Å². The van der Waals surface area contributed by atoms with Crippen molar-refractivity contribution in [2.45, 2.75) is 20.0 Å². The van der Waals surface area contributed by atoms with E-state index < -0.39 is 0 Å². The van der Waals surface area contributed by atoms with Crippen LogP contribution in [0, 0.1) is 6.92 Å². The second-order valence-corrected chi connectivity index (χ2v) is 8.42. The third-order valence-electron chi connectivity index (χ3n) is 5.68. The molecule has 33 heavy (non-hydrogen) atoms. The quantitative estimate of drug-likeness (QED) is 0.392. The Labute approximate surface area is 195 Å². The Morgan fingerprint density at radius 2 is 1.82 bits per heavy atom. The minimum absolute atomic E-state index is 0.0906. The first-order valence-corrected chi connectivity index (χ1v) is 10.8. The maximum Gasteiger partial charge on any atom is 0.254 e. The minimum atomic E-state index is -0.0906. The molecule has 0 aliphatic heterocycles. The maximum absolute atomic E-state index is 13.4. The number of aromatic nitrogens is 4. The molecule has 0 saturated carbocycles. The van der Waals surface area contributed by atoms with Crippen LogP contribution in [0.25, 0.3) is 21.9 Å². The number of nitrogens with zero attached hydrogens (tertiary/aromatic N) is 4. The summed E-state index contributed by atoms with van der Waals surface area (Å²) in [6.45, 7) is 2.75. The number of nitrogens with two attached hydrogens (primary N) is 1. The fourth-order valence-electron chi connectivity index (χ4n) is 3.92. The molecule has 3 N–H and O–H groups in total. The number of aryl methyl sites for hydroxylation is 1. The van der Waals surface area contributed by atoms with Crippen LogP contribution in [-0.2, 0) is 13.1 Å². The Morgan fingerprint density at radius 3 is 2.64 bits per heavy atom. The number of amides is 1. The first-order chi connectivity index (χ1) is 16.0. The molecule has 0 aliphatic carbocycles. The molecule has 1 amide bonds. The van der Waals surface area contributed by atoms with Crippen LogP contribution in [0.1, 0.15) is 27.0 Å². The van der Waals surface area contributed by atoms with E-state index in [1.165, 1.54) is 0 Å². The summed E-state index contributed by atoms with van der Waals surface area (Å²) in [7, 11) is 0. The zero-order chi connectivity index (χ0) is 22.9. The molecule has 0 saturated heterocycles. The van der Waals surface area contributed by atoms with Crippen molar-refractivity contribution < 1.29 is 4.79 Å². The number of anilines is 1. The fraction of sp³-hybridized carbons (Fsp3) is 0.120. The number of fused-ring (bicyclic) bond motifs is 2. The molecule has 0 aliphatic rings. The van der Waals surface area contributed by atoms with Crippen molar-refractivity contribution in [1.82, 2.24) is 24.8 Å². The summed E-state index contributed by atoms with van der Waals surface area (Å²) in [5.41, 5.74) is 11.0. The van der Waals surface area contributed by atoms with Crippen LogP contribution in [-0.4, -0.2) is 30.7 Å². The molecule has 0 bridgehead atoms. The van der Waals surface area contributed by atoms with Crippen molar-refractivity contribution in [3.8, 4) is 0 Å². The van der Waals surface area contributed by atoms with Crippen molar-refractivity contribution in [3.05, 3.63) is 94.5 Å². The lowest BCUT2D eigenvalue weighted by molar-refractivity contribution is 0.0730. The van der Waals surface area contributed by atoms with Crippen molar-refractivity contribution in [2.24, 2.45) is 0 Å². The zero-order valence-electron chi connectivity index (χ0n) is 17.9. The fourth-order valence-corrected chi connectivity index (χ4v) is 4.08. The Hall–Kier alpha value is -3.97. The highest BCUT2D eigenvalue weighted by Gasteiger charge is 2.18. The molecule has 5 aromatic rings. The zero-order valence-corrected chi connectivity index (χ0v) is 18.7. The lowest BCUT2D eigenvalue weighted by Gasteiger charge is -2.23. The molecule has 0 fully saturated rings. The van der Waals surface area contributed by atoms with Crippen LogP contribution in [0.4, 0.5) is 5.82 Å². The van der Waals surface area contributed by atoms with Gasteiger partial charge in [0.15, 0.2) is 0 Å². The van der Waals surface area contributed by atoms with E-state index in [0.29, 0.717) is 29.5 Å². The summed E-state index contributed by atoms with van der Waals surface area (Å²) in [5.74, 6) is 0.509. The predicted octanol–water partition coefficient (Wildman–Crippen LogP) is 4.89. The number of nitrogens with one attached hydrogen (secondary N) is 1. The number of hydrogen-bond acceptors (Lipinski definition) is 5. The van der Waals surface area contributed by atoms with E-state index in [9.17, 15) is 4.79 Å². The second-order valence-electron chi connectivity index (χ2n) is 7.98. The largest absolute Gasteiger partial charge is 0.385 e. The van der Waals surface area contributed by atoms with Gasteiger partial charge < -0.3 is 15.6 Å². The van der Waals surface area contributed by atoms with E-state index in [1.54, 1.807) is 41.8 Å². The van der Waals surface area contributed by atoms with Gasteiger partial charge in [0, 0.05) is 59.8 Å². The Kier molecular flexibility index (Phi) is 5.40. The van der Waals surface area contributed by atoms with Crippen molar-refractivity contribution in [1.29, 1.82) is 0 Å². The van der Waals surface area contributed by atoms with Crippen LogP contribution in [0.3, 0.4) is 0 Å². The molecule has 0 spiro atoms. The highest BCUT2D eigenvalue weighted by atomic mass is 35.5. The number of rotatable bonds is 5. The summed E-state index contributed by atoms with van der Waals surface area (Å²) in [5, 5.41) is 2.45. The molecule has 164 valence electrons. The minimum Gasteiger partial charge on any atom is -0.385 e. The van der Waals surface area contributed by atoms with Crippen LogP contribution < -0.4 is 5.73 Å². The molecule has 1 aromatic carbocycles. The molecule has 0 unspecified atom stereocenters. The number of carbonyl (C=O) groups is 1. The monoisotopic (exact) mass is 456 g/mol. The number of H-pyrrole nitrogens is 1. The number of carbonyl (C=O) groups excluding carboxylic acids is 1. The average molecular weight is 457 g/mol. The molecule has 4 aromatic heterocycles. The van der Waals surface area contributed by atoms with E-state index in [2.05, 4.69) is 19.9 Å². The van der Waals surface area contributed by atoms with Gasteiger partial charge in [-0.1, -0.05) is 17.7 Å². The van der Waals surface area contributed by atoms with E-state index in [0.717, 1.165) is 38.6 Å². The van der Waals surface area contributed by atoms with Crippen LogP contribution in [0.5, 0.6) is 0 Å². The van der Waals surface area contributed by atoms with Gasteiger partial charge in [-0.05, 0) is 54.4 Å². The first kappa shape index (κ1) is 20.9. The number of benzene rings is 1. The lowest BCUT2D eigenvalue weighted by atomic mass is 10.1. The molecular weight excluding hydrogens is 436 g/mol. The predicted molar refractivity (Wildman–Crippen MR) is 130 cm³/mol. The van der Waals surface area contributed by atoms with Gasteiger partial charge in [0.1, 0.15) is 11.5 Å². The smallest absolute Gasteiger partial charge is 0.254 e. The molecule has 0 atom stereocenters. The number of nitrogen functional groups attached to an aromatic ring is 1. The van der Waals surface area contributed by atoms with E-state index in [-0.39, 0.29) is 5.91 Å². The van der Waals surface area contributed by atoms with Gasteiger partial charge >= 0.3 is 0 Å². The molecule has 5 rings (SSSR count). The molecular formula is C25H21ClN6O. The van der Waals surface area contributed by atoms with Crippen LogP contribution in [0.2, 0.25) is 5.02 Å². The highest BCUT2D eigenvalue weighted by molar-refractivity contribution is 6.31. The molecule has 0 radical (unpaired) electrons. The van der Waals surface area contributed by atoms with Crippen molar-refractivity contribution in [3.63, 3.8) is 0 Å². The van der Waals surface area contributed by atoms with Gasteiger partial charge in [0.2, 0.25) is 0 Å². The van der Waals surface area contributed by atoms with Gasteiger partial charge in [0.25, 0.3) is 5.91 Å². The van der Waals surface area contributed by atoms with Crippen LogP contribution in [0.15, 0.2) is 67.3 Å². The Bertz CT molecular complexity index is 1480. The second kappa shape index (κ2) is 8.52. The lowest BCUT2D eigenvalue weighted by Crippen LogP contribution is -2.30. The Morgan fingerprint density at radius 1 is 1.03 bits per heavy atom. The molecule has 8 heteroatoms. The average Bonchev–Trinajstić information content (AvgIpc) is 3.11. The third kappa shape index (κ3) is 4.23. The number of hydrogen-bond donors (Lipinski definition) is 2. The van der Waals surface area contributed by atoms with Gasteiger partial charge in [0.05, 0.1) is 10.5 Å². The van der Waals surface area contributed by atoms with E-state index in [1.807, 2.05) is 37.3 Å². The summed E-state index contributed by atoms with van der Waals surface area (Å²) < 4.78 is 0. The summed E-state index contributed by atoms with van der Waals surface area (Å²) >= 11 is 6.13. The van der Waals surface area contributed by atoms with Gasteiger partial charge in [-0.3, -0.25) is 14.8 Å². The molecule has 4 heterocycles.